The van der Waals surface area contributed by atoms with E-state index in [4.69, 9.17) is 10.5 Å². The Bertz CT molecular complexity index is 1520. The summed E-state index contributed by atoms with van der Waals surface area (Å²) in [6, 6.07) is 9.29. The van der Waals surface area contributed by atoms with Gasteiger partial charge in [-0.2, -0.15) is 14.1 Å². The second-order valence-corrected chi connectivity index (χ2v) is 12.3. The minimum Gasteiger partial charge on any atom is -0.486 e. The summed E-state index contributed by atoms with van der Waals surface area (Å²) in [4.78, 5) is 15.3. The second-order valence-electron chi connectivity index (χ2n) is 10.3. The van der Waals surface area contributed by atoms with E-state index in [-0.39, 0.29) is 50.0 Å². The third-order valence-corrected chi connectivity index (χ3v) is 9.28. The maximum Gasteiger partial charge on any atom is 0.316 e. The van der Waals surface area contributed by atoms with Crippen molar-refractivity contribution in [3.63, 3.8) is 0 Å². The van der Waals surface area contributed by atoms with Gasteiger partial charge in [0.15, 0.2) is 0 Å². The summed E-state index contributed by atoms with van der Waals surface area (Å²) in [5, 5.41) is 4.13. The number of aromatic nitrogens is 2. The molecular formula is C27H30F3N5O4S. The van der Waals surface area contributed by atoms with Crippen LogP contribution in [0.25, 0.3) is 5.69 Å². The van der Waals surface area contributed by atoms with E-state index >= 15 is 0 Å². The van der Waals surface area contributed by atoms with Gasteiger partial charge in [0.2, 0.25) is 15.8 Å². The quantitative estimate of drug-likeness (QED) is 0.369. The van der Waals surface area contributed by atoms with E-state index in [1.807, 2.05) is 0 Å². The Morgan fingerprint density at radius 2 is 1.65 bits per heavy atom. The van der Waals surface area contributed by atoms with Crippen molar-refractivity contribution in [3.8, 4) is 11.4 Å². The van der Waals surface area contributed by atoms with E-state index in [0.717, 1.165) is 29.7 Å². The lowest BCUT2D eigenvalue weighted by atomic mass is 10.1. The lowest BCUT2D eigenvalue weighted by molar-refractivity contribution is 0.236. The van der Waals surface area contributed by atoms with Crippen LogP contribution in [0.2, 0.25) is 0 Å². The molecule has 1 aliphatic heterocycles. The highest BCUT2D eigenvalue weighted by Gasteiger charge is 2.42. The summed E-state index contributed by atoms with van der Waals surface area (Å²) in [7, 11) is -3.60. The van der Waals surface area contributed by atoms with Gasteiger partial charge in [0.25, 0.3) is 0 Å². The van der Waals surface area contributed by atoms with Crippen LogP contribution in [0.1, 0.15) is 24.8 Å². The van der Waals surface area contributed by atoms with Gasteiger partial charge in [0, 0.05) is 43.3 Å². The topological polar surface area (TPSA) is 111 Å². The molecule has 5 rings (SSSR count). The van der Waals surface area contributed by atoms with E-state index in [1.54, 1.807) is 29.2 Å². The zero-order valence-electron chi connectivity index (χ0n) is 21.7. The van der Waals surface area contributed by atoms with E-state index in [2.05, 4.69) is 5.10 Å². The molecule has 0 radical (unpaired) electrons. The van der Waals surface area contributed by atoms with Crippen molar-refractivity contribution in [3.05, 3.63) is 76.2 Å². The molecule has 0 amide bonds. The van der Waals surface area contributed by atoms with Crippen molar-refractivity contribution < 1.29 is 26.3 Å². The van der Waals surface area contributed by atoms with Crippen LogP contribution < -0.4 is 20.9 Å². The zero-order chi connectivity index (χ0) is 28.5. The number of hydrogen-bond donors (Lipinski definition) is 1. The molecule has 2 aromatic carbocycles. The summed E-state index contributed by atoms with van der Waals surface area (Å²) >= 11 is 0. The second kappa shape index (κ2) is 11.1. The lowest BCUT2D eigenvalue weighted by Crippen LogP contribution is -2.49. The average Bonchev–Trinajstić information content (AvgIpc) is 3.70. The SMILES string of the molecule is Nc1ccc(CS(=O)(=O)N2CCN(c3cnn(-c4cc(F)cc(F)c4)c(=O)c3OCCC3(CF)CC3)CC2)cc1. The molecular weight excluding hydrogens is 547 g/mol. The Balaban J connectivity index is 1.36. The first kappa shape index (κ1) is 28.0. The third kappa shape index (κ3) is 6.09. The third-order valence-electron chi connectivity index (χ3n) is 7.43. The highest BCUT2D eigenvalue weighted by molar-refractivity contribution is 7.88. The van der Waals surface area contributed by atoms with Gasteiger partial charge in [-0.25, -0.2) is 17.2 Å². The molecule has 9 nitrogen and oxygen atoms in total. The molecule has 2 aliphatic rings. The van der Waals surface area contributed by atoms with Crippen LogP contribution in [-0.4, -0.2) is 62.0 Å². The van der Waals surface area contributed by atoms with Crippen LogP contribution in [0.4, 0.5) is 24.5 Å². The Labute approximate surface area is 230 Å². The van der Waals surface area contributed by atoms with Crippen molar-refractivity contribution in [2.45, 2.75) is 25.0 Å². The van der Waals surface area contributed by atoms with Crippen LogP contribution in [0.5, 0.6) is 5.75 Å². The number of benzene rings is 2. The Kier molecular flexibility index (Phi) is 7.78. The van der Waals surface area contributed by atoms with Crippen molar-refractivity contribution in [2.75, 3.05) is 50.1 Å². The fourth-order valence-corrected chi connectivity index (χ4v) is 6.27. The van der Waals surface area contributed by atoms with Crippen LogP contribution in [0, 0.1) is 17.0 Å². The van der Waals surface area contributed by atoms with E-state index in [1.165, 1.54) is 10.5 Å². The minimum absolute atomic E-state index is 0.0730. The van der Waals surface area contributed by atoms with Crippen molar-refractivity contribution in [1.82, 2.24) is 14.1 Å². The summed E-state index contributed by atoms with van der Waals surface area (Å²) in [6.45, 7) is 0.444. The molecule has 2 heterocycles. The Morgan fingerprint density at radius 1 is 1.00 bits per heavy atom. The molecule has 3 aromatic rings. The number of anilines is 2. The molecule has 40 heavy (non-hydrogen) atoms. The zero-order valence-corrected chi connectivity index (χ0v) is 22.5. The number of ether oxygens (including phenoxy) is 1. The molecule has 0 spiro atoms. The molecule has 13 heteroatoms. The smallest absolute Gasteiger partial charge is 0.316 e. The number of piperazine rings is 1. The standard InChI is InChI=1S/C27H30F3N5O4S/c28-18-27(5-6-27)7-12-39-25-24(16-32-35(26(25)36)23-14-20(29)13-21(30)15-23)33-8-10-34(11-9-33)40(37,38)17-19-1-3-22(31)4-2-19/h1-4,13-16H,5-12,17-18,31H2. The van der Waals surface area contributed by atoms with Gasteiger partial charge in [-0.05, 0) is 49.1 Å². The number of halogens is 3. The summed E-state index contributed by atoms with van der Waals surface area (Å²) in [5.74, 6) is -2.00. The predicted octanol–water partition coefficient (Wildman–Crippen LogP) is 3.26. The number of rotatable bonds is 10. The largest absolute Gasteiger partial charge is 0.486 e. The fraction of sp³-hybridized carbons (Fsp3) is 0.407. The van der Waals surface area contributed by atoms with Crippen LogP contribution in [0.3, 0.4) is 0 Å². The number of hydrogen-bond acceptors (Lipinski definition) is 7. The molecule has 1 saturated carbocycles. The Hall–Kier alpha value is -3.58. The number of nitrogens with two attached hydrogens (primary N) is 1. The summed E-state index contributed by atoms with van der Waals surface area (Å²) < 4.78 is 75.3. The van der Waals surface area contributed by atoms with E-state index in [9.17, 15) is 26.4 Å². The fourth-order valence-electron chi connectivity index (χ4n) is 4.76. The Morgan fingerprint density at radius 3 is 2.25 bits per heavy atom. The maximum absolute atomic E-state index is 13.9. The minimum atomic E-state index is -3.60. The normalized spacial score (nSPS) is 17.1. The molecule has 0 unspecified atom stereocenters. The van der Waals surface area contributed by atoms with Crippen molar-refractivity contribution in [1.29, 1.82) is 0 Å². The van der Waals surface area contributed by atoms with Crippen molar-refractivity contribution in [2.24, 2.45) is 5.41 Å². The summed E-state index contributed by atoms with van der Waals surface area (Å²) in [5.41, 5.74) is 5.92. The van der Waals surface area contributed by atoms with Crippen LogP contribution in [-0.2, 0) is 15.8 Å². The highest BCUT2D eigenvalue weighted by Crippen LogP contribution is 2.49. The lowest BCUT2D eigenvalue weighted by Gasteiger charge is -2.35. The van der Waals surface area contributed by atoms with Crippen molar-refractivity contribution >= 4 is 21.4 Å². The first-order valence-electron chi connectivity index (χ1n) is 12.9. The maximum atomic E-state index is 13.9. The monoisotopic (exact) mass is 577 g/mol. The number of nitrogens with zero attached hydrogens (tertiary/aromatic N) is 4. The van der Waals surface area contributed by atoms with E-state index in [0.29, 0.717) is 29.4 Å². The molecule has 2 N–H and O–H groups in total. The van der Waals surface area contributed by atoms with Gasteiger partial charge in [-0.15, -0.1) is 0 Å². The van der Waals surface area contributed by atoms with Crippen LogP contribution >= 0.6 is 0 Å². The number of nitrogen functional groups attached to an aromatic ring is 1. The average molecular weight is 578 g/mol. The van der Waals surface area contributed by atoms with Gasteiger partial charge in [-0.3, -0.25) is 9.18 Å². The van der Waals surface area contributed by atoms with Gasteiger partial charge >= 0.3 is 5.56 Å². The van der Waals surface area contributed by atoms with Crippen LogP contribution in [0.15, 0.2) is 53.5 Å². The molecule has 2 fully saturated rings. The summed E-state index contributed by atoms with van der Waals surface area (Å²) in [6.07, 6.45) is 3.27. The number of sulfonamides is 1. The number of alkyl halides is 1. The molecule has 1 aromatic heterocycles. The molecule has 214 valence electrons. The first-order valence-corrected chi connectivity index (χ1v) is 14.5. The van der Waals surface area contributed by atoms with Gasteiger partial charge in [-0.1, -0.05) is 12.1 Å². The van der Waals surface area contributed by atoms with Gasteiger partial charge in [0.05, 0.1) is 30.9 Å². The van der Waals surface area contributed by atoms with Gasteiger partial charge < -0.3 is 15.4 Å². The highest BCUT2D eigenvalue weighted by atomic mass is 32.2. The molecule has 1 saturated heterocycles. The molecule has 0 bridgehead atoms. The predicted molar refractivity (Wildman–Crippen MR) is 145 cm³/mol. The molecule has 0 atom stereocenters. The first-order chi connectivity index (χ1) is 19.1. The van der Waals surface area contributed by atoms with E-state index < -0.39 is 39.3 Å². The molecule has 1 aliphatic carbocycles. The van der Waals surface area contributed by atoms with Gasteiger partial charge in [0.1, 0.15) is 17.3 Å².